The van der Waals surface area contributed by atoms with Gasteiger partial charge in [0, 0.05) is 26.1 Å². The van der Waals surface area contributed by atoms with Crippen LogP contribution in [0.25, 0.3) is 0 Å². The SMILES string of the molecule is CCC(=O)Nc1cc(S(=O)(=O)NCc2ccc(S(=O)(=O)N3CCOCC3)cc2)ccc1OC. The van der Waals surface area contributed by atoms with Crippen molar-refractivity contribution in [3.63, 3.8) is 0 Å². The fourth-order valence-corrected chi connectivity index (χ4v) is 5.62. The molecule has 0 bridgehead atoms. The average Bonchev–Trinajstić information content (AvgIpc) is 2.83. The summed E-state index contributed by atoms with van der Waals surface area (Å²) in [6, 6.07) is 10.2. The van der Waals surface area contributed by atoms with Crippen molar-refractivity contribution >= 4 is 31.6 Å². The van der Waals surface area contributed by atoms with Gasteiger partial charge in [0.15, 0.2) is 0 Å². The Morgan fingerprint density at radius 1 is 1.03 bits per heavy atom. The first-order valence-electron chi connectivity index (χ1n) is 10.3. The summed E-state index contributed by atoms with van der Waals surface area (Å²) < 4.78 is 65.2. The lowest BCUT2D eigenvalue weighted by Gasteiger charge is -2.26. The number of morpholine rings is 1. The number of nitrogens with one attached hydrogen (secondary N) is 2. The first-order valence-corrected chi connectivity index (χ1v) is 13.2. The van der Waals surface area contributed by atoms with Crippen molar-refractivity contribution in [1.82, 2.24) is 9.03 Å². The van der Waals surface area contributed by atoms with Gasteiger partial charge in [0.1, 0.15) is 5.75 Å². The highest BCUT2D eigenvalue weighted by Gasteiger charge is 2.26. The van der Waals surface area contributed by atoms with Crippen molar-refractivity contribution in [3.8, 4) is 5.75 Å². The second-order valence-corrected chi connectivity index (χ2v) is 11.0. The topological polar surface area (TPSA) is 131 Å². The first-order chi connectivity index (χ1) is 15.7. The summed E-state index contributed by atoms with van der Waals surface area (Å²) in [5, 5.41) is 2.62. The molecule has 1 saturated heterocycles. The van der Waals surface area contributed by atoms with Gasteiger partial charge in [0.05, 0.1) is 35.8 Å². The van der Waals surface area contributed by atoms with Gasteiger partial charge < -0.3 is 14.8 Å². The number of ether oxygens (including phenoxy) is 2. The van der Waals surface area contributed by atoms with Crippen molar-refractivity contribution < 1.29 is 31.1 Å². The highest BCUT2D eigenvalue weighted by atomic mass is 32.2. The molecular formula is C21H27N3O7S2. The van der Waals surface area contributed by atoms with Gasteiger partial charge in [-0.2, -0.15) is 4.31 Å². The Kier molecular flexibility index (Phi) is 8.08. The zero-order valence-corrected chi connectivity index (χ0v) is 20.0. The number of hydrogen-bond donors (Lipinski definition) is 2. The minimum atomic E-state index is -3.90. The van der Waals surface area contributed by atoms with E-state index >= 15 is 0 Å². The fourth-order valence-electron chi connectivity index (χ4n) is 3.17. The van der Waals surface area contributed by atoms with Crippen molar-refractivity contribution in [2.45, 2.75) is 29.7 Å². The molecular weight excluding hydrogens is 470 g/mol. The summed E-state index contributed by atoms with van der Waals surface area (Å²) in [5.41, 5.74) is 0.845. The third-order valence-corrected chi connectivity index (χ3v) is 8.39. The first kappa shape index (κ1) is 25.1. The van der Waals surface area contributed by atoms with Crippen LogP contribution in [0.15, 0.2) is 52.3 Å². The number of nitrogens with zero attached hydrogens (tertiary/aromatic N) is 1. The second kappa shape index (κ2) is 10.6. The number of amides is 1. The van der Waals surface area contributed by atoms with E-state index in [2.05, 4.69) is 10.0 Å². The van der Waals surface area contributed by atoms with Crippen LogP contribution in [0.4, 0.5) is 5.69 Å². The largest absolute Gasteiger partial charge is 0.495 e. The molecule has 12 heteroatoms. The third-order valence-electron chi connectivity index (χ3n) is 5.07. The van der Waals surface area contributed by atoms with E-state index < -0.39 is 20.0 Å². The molecule has 33 heavy (non-hydrogen) atoms. The van der Waals surface area contributed by atoms with Gasteiger partial charge >= 0.3 is 0 Å². The molecule has 3 rings (SSSR count). The normalized spacial score (nSPS) is 15.2. The zero-order chi connectivity index (χ0) is 24.1. The summed E-state index contributed by atoms with van der Waals surface area (Å²) in [5.74, 6) is 0.0655. The van der Waals surface area contributed by atoms with Gasteiger partial charge in [0.2, 0.25) is 26.0 Å². The van der Waals surface area contributed by atoms with Crippen LogP contribution in [0.1, 0.15) is 18.9 Å². The van der Waals surface area contributed by atoms with E-state index in [1.165, 1.54) is 41.7 Å². The molecule has 1 aliphatic rings. The van der Waals surface area contributed by atoms with Gasteiger partial charge in [-0.25, -0.2) is 21.6 Å². The van der Waals surface area contributed by atoms with E-state index in [1.807, 2.05) is 0 Å². The molecule has 0 atom stereocenters. The molecule has 1 aliphatic heterocycles. The molecule has 2 aromatic carbocycles. The molecule has 0 spiro atoms. The molecule has 180 valence electrons. The van der Waals surface area contributed by atoms with Crippen molar-refractivity contribution in [3.05, 3.63) is 48.0 Å². The lowest BCUT2D eigenvalue weighted by atomic mass is 10.2. The van der Waals surface area contributed by atoms with Crippen LogP contribution in [-0.4, -0.2) is 60.5 Å². The van der Waals surface area contributed by atoms with Crippen LogP contribution in [0, 0.1) is 0 Å². The molecule has 0 aromatic heterocycles. The number of methoxy groups -OCH3 is 1. The van der Waals surface area contributed by atoms with Gasteiger partial charge in [-0.1, -0.05) is 19.1 Å². The predicted molar refractivity (Wildman–Crippen MR) is 122 cm³/mol. The Morgan fingerprint density at radius 2 is 1.67 bits per heavy atom. The van der Waals surface area contributed by atoms with E-state index in [0.29, 0.717) is 37.6 Å². The number of anilines is 1. The Hall–Kier alpha value is -2.51. The van der Waals surface area contributed by atoms with E-state index in [1.54, 1.807) is 19.1 Å². The van der Waals surface area contributed by atoms with Crippen molar-refractivity contribution in [1.29, 1.82) is 0 Å². The number of sulfonamides is 2. The number of hydrogen-bond acceptors (Lipinski definition) is 7. The summed E-state index contributed by atoms with van der Waals surface area (Å²) in [6.45, 7) is 2.95. The van der Waals surface area contributed by atoms with E-state index in [4.69, 9.17) is 9.47 Å². The standard InChI is InChI=1S/C21H27N3O7S2/c1-3-21(25)23-19-14-18(8-9-20(19)30-2)32(26,27)22-15-16-4-6-17(7-5-16)33(28,29)24-10-12-31-13-11-24/h4-9,14,22H,3,10-13,15H2,1-2H3,(H,23,25). The fraction of sp³-hybridized carbons (Fsp3) is 0.381. The molecule has 0 unspecified atom stereocenters. The minimum absolute atomic E-state index is 0.0388. The smallest absolute Gasteiger partial charge is 0.243 e. The Morgan fingerprint density at radius 3 is 2.27 bits per heavy atom. The number of rotatable bonds is 9. The molecule has 0 radical (unpaired) electrons. The van der Waals surface area contributed by atoms with Crippen molar-refractivity contribution in [2.75, 3.05) is 38.7 Å². The van der Waals surface area contributed by atoms with Gasteiger partial charge in [-0.05, 0) is 35.9 Å². The van der Waals surface area contributed by atoms with Crippen LogP contribution in [0.5, 0.6) is 5.75 Å². The molecule has 10 nitrogen and oxygen atoms in total. The molecule has 1 heterocycles. The van der Waals surface area contributed by atoms with Crippen LogP contribution in [0.3, 0.4) is 0 Å². The maximum absolute atomic E-state index is 12.8. The van der Waals surface area contributed by atoms with Crippen molar-refractivity contribution in [2.24, 2.45) is 0 Å². The summed E-state index contributed by atoms with van der Waals surface area (Å²) in [7, 11) is -6.10. The maximum atomic E-state index is 12.8. The van der Waals surface area contributed by atoms with E-state index in [0.717, 1.165) is 0 Å². The summed E-state index contributed by atoms with van der Waals surface area (Å²) in [6.07, 6.45) is 0.232. The zero-order valence-electron chi connectivity index (χ0n) is 18.4. The number of carbonyl (C=O) groups is 1. The highest BCUT2D eigenvalue weighted by Crippen LogP contribution is 2.28. The second-order valence-electron chi connectivity index (χ2n) is 7.25. The highest BCUT2D eigenvalue weighted by molar-refractivity contribution is 7.89. The lowest BCUT2D eigenvalue weighted by molar-refractivity contribution is -0.115. The predicted octanol–water partition coefficient (Wildman–Crippen LogP) is 1.54. The van der Waals surface area contributed by atoms with Gasteiger partial charge in [0.25, 0.3) is 0 Å². The number of carbonyl (C=O) groups excluding carboxylic acids is 1. The molecule has 2 N–H and O–H groups in total. The van der Waals surface area contributed by atoms with E-state index in [9.17, 15) is 21.6 Å². The maximum Gasteiger partial charge on any atom is 0.243 e. The quantitative estimate of drug-likeness (QED) is 0.537. The number of benzene rings is 2. The summed E-state index contributed by atoms with van der Waals surface area (Å²) >= 11 is 0. The Balaban J connectivity index is 1.71. The van der Waals surface area contributed by atoms with Crippen LogP contribution in [-0.2, 0) is 36.1 Å². The lowest BCUT2D eigenvalue weighted by Crippen LogP contribution is -2.40. The molecule has 0 aliphatic carbocycles. The van der Waals surface area contributed by atoms with Crippen LogP contribution >= 0.6 is 0 Å². The Bertz CT molecular complexity index is 1190. The van der Waals surface area contributed by atoms with Crippen LogP contribution in [0.2, 0.25) is 0 Å². The molecule has 2 aromatic rings. The monoisotopic (exact) mass is 497 g/mol. The summed E-state index contributed by atoms with van der Waals surface area (Å²) in [4.78, 5) is 11.8. The Labute approximate surface area is 194 Å². The van der Waals surface area contributed by atoms with Gasteiger partial charge in [-0.15, -0.1) is 0 Å². The molecule has 1 fully saturated rings. The molecule has 0 saturated carbocycles. The molecule has 1 amide bonds. The minimum Gasteiger partial charge on any atom is -0.495 e. The van der Waals surface area contributed by atoms with Crippen LogP contribution < -0.4 is 14.8 Å². The van der Waals surface area contributed by atoms with E-state index in [-0.39, 0.29) is 34.4 Å². The average molecular weight is 498 g/mol. The third kappa shape index (κ3) is 6.09. The van der Waals surface area contributed by atoms with Gasteiger partial charge in [-0.3, -0.25) is 4.79 Å².